The summed E-state index contributed by atoms with van der Waals surface area (Å²) in [7, 11) is 1.38. The molecule has 0 amide bonds. The van der Waals surface area contributed by atoms with Gasteiger partial charge in [-0.3, -0.25) is 0 Å². The molecular weight excluding hydrogens is 180 g/mol. The molecule has 0 aliphatic heterocycles. The maximum atomic E-state index is 11.5. The predicted molar refractivity (Wildman–Crippen MR) is 53.5 cm³/mol. The van der Waals surface area contributed by atoms with Gasteiger partial charge in [0.2, 0.25) is 0 Å². The molecule has 1 rings (SSSR count). The van der Waals surface area contributed by atoms with E-state index < -0.39 is 0 Å². The minimum atomic E-state index is -0.332. The Hall–Kier alpha value is -1.25. The minimum Gasteiger partial charge on any atom is -0.468 e. The van der Waals surface area contributed by atoms with Crippen LogP contribution in [0.3, 0.4) is 0 Å². The van der Waals surface area contributed by atoms with E-state index >= 15 is 0 Å². The Balaban J connectivity index is 3.26. The standard InChI is InChI=1S/C11H16O3/c1-7-6-14-9(11(2,3)4)8(7)10(12)13-5/h6H,1-5H3. The maximum Gasteiger partial charge on any atom is 0.341 e. The fourth-order valence-electron chi connectivity index (χ4n) is 1.35. The van der Waals surface area contributed by atoms with Gasteiger partial charge in [-0.15, -0.1) is 0 Å². The Bertz CT molecular complexity index is 342. The summed E-state index contributed by atoms with van der Waals surface area (Å²) in [6, 6.07) is 0. The van der Waals surface area contributed by atoms with Crippen molar-refractivity contribution in [2.24, 2.45) is 0 Å². The number of carbonyl (C=O) groups is 1. The van der Waals surface area contributed by atoms with E-state index in [4.69, 9.17) is 9.15 Å². The van der Waals surface area contributed by atoms with E-state index in [2.05, 4.69) is 0 Å². The molecule has 0 bridgehead atoms. The van der Waals surface area contributed by atoms with E-state index in [1.54, 1.807) is 6.26 Å². The van der Waals surface area contributed by atoms with Crippen molar-refractivity contribution in [3.8, 4) is 0 Å². The first-order valence-electron chi connectivity index (χ1n) is 4.54. The van der Waals surface area contributed by atoms with E-state index in [9.17, 15) is 4.79 Å². The number of ether oxygens (including phenoxy) is 1. The molecule has 0 aromatic carbocycles. The lowest BCUT2D eigenvalue weighted by Crippen LogP contribution is -2.16. The van der Waals surface area contributed by atoms with E-state index in [1.807, 2.05) is 27.7 Å². The summed E-state index contributed by atoms with van der Waals surface area (Å²) in [5, 5.41) is 0. The summed E-state index contributed by atoms with van der Waals surface area (Å²) in [5.41, 5.74) is 1.19. The Morgan fingerprint density at radius 1 is 1.43 bits per heavy atom. The van der Waals surface area contributed by atoms with Crippen LogP contribution >= 0.6 is 0 Å². The van der Waals surface area contributed by atoms with Gasteiger partial charge < -0.3 is 9.15 Å². The average molecular weight is 196 g/mol. The number of hydrogen-bond donors (Lipinski definition) is 0. The summed E-state index contributed by atoms with van der Waals surface area (Å²) in [4.78, 5) is 11.5. The van der Waals surface area contributed by atoms with Crippen LogP contribution in [0.4, 0.5) is 0 Å². The van der Waals surface area contributed by atoms with Gasteiger partial charge in [-0.1, -0.05) is 20.8 Å². The topological polar surface area (TPSA) is 39.4 Å². The fourth-order valence-corrected chi connectivity index (χ4v) is 1.35. The van der Waals surface area contributed by atoms with Gasteiger partial charge in [-0.05, 0) is 6.92 Å². The van der Waals surface area contributed by atoms with E-state index in [1.165, 1.54) is 7.11 Å². The first-order valence-corrected chi connectivity index (χ1v) is 4.54. The van der Waals surface area contributed by atoms with Crippen molar-refractivity contribution in [3.63, 3.8) is 0 Å². The molecule has 0 saturated heterocycles. The van der Waals surface area contributed by atoms with Crippen LogP contribution in [0.15, 0.2) is 10.7 Å². The zero-order valence-corrected chi connectivity index (χ0v) is 9.30. The molecule has 0 aliphatic carbocycles. The molecule has 1 heterocycles. The molecule has 1 aromatic rings. The second-order valence-corrected chi connectivity index (χ2v) is 4.36. The molecule has 0 saturated carbocycles. The van der Waals surface area contributed by atoms with Crippen molar-refractivity contribution in [3.05, 3.63) is 23.2 Å². The monoisotopic (exact) mass is 196 g/mol. The molecule has 0 N–H and O–H groups in total. The summed E-state index contributed by atoms with van der Waals surface area (Å²) >= 11 is 0. The second-order valence-electron chi connectivity index (χ2n) is 4.36. The van der Waals surface area contributed by atoms with Crippen molar-refractivity contribution >= 4 is 5.97 Å². The lowest BCUT2D eigenvalue weighted by atomic mass is 9.89. The van der Waals surface area contributed by atoms with Crippen LogP contribution in [-0.4, -0.2) is 13.1 Å². The number of carbonyl (C=O) groups excluding carboxylic acids is 1. The first-order chi connectivity index (χ1) is 6.38. The number of methoxy groups -OCH3 is 1. The van der Waals surface area contributed by atoms with Crippen molar-refractivity contribution < 1.29 is 13.9 Å². The molecule has 0 atom stereocenters. The van der Waals surface area contributed by atoms with Crippen molar-refractivity contribution in [1.29, 1.82) is 0 Å². The smallest absolute Gasteiger partial charge is 0.341 e. The highest BCUT2D eigenvalue weighted by molar-refractivity contribution is 5.92. The van der Waals surface area contributed by atoms with E-state index in [-0.39, 0.29) is 11.4 Å². The Morgan fingerprint density at radius 2 is 2.00 bits per heavy atom. The summed E-state index contributed by atoms with van der Waals surface area (Å²) in [6.45, 7) is 7.83. The highest BCUT2D eigenvalue weighted by Gasteiger charge is 2.27. The summed E-state index contributed by atoms with van der Waals surface area (Å²) < 4.78 is 10.1. The van der Waals surface area contributed by atoms with Gasteiger partial charge >= 0.3 is 5.97 Å². The number of hydrogen-bond acceptors (Lipinski definition) is 3. The van der Waals surface area contributed by atoms with Gasteiger partial charge in [0, 0.05) is 11.0 Å². The fraction of sp³-hybridized carbons (Fsp3) is 0.545. The zero-order chi connectivity index (χ0) is 10.9. The minimum absolute atomic E-state index is 0.183. The quantitative estimate of drug-likeness (QED) is 0.648. The number of rotatable bonds is 1. The Labute approximate surface area is 84.1 Å². The number of furan rings is 1. The maximum absolute atomic E-state index is 11.5. The van der Waals surface area contributed by atoms with Gasteiger partial charge in [-0.25, -0.2) is 4.79 Å². The van der Waals surface area contributed by atoms with Gasteiger partial charge in [0.05, 0.1) is 13.4 Å². The van der Waals surface area contributed by atoms with Crippen molar-refractivity contribution in [1.82, 2.24) is 0 Å². The Kier molecular flexibility index (Phi) is 2.69. The van der Waals surface area contributed by atoms with Gasteiger partial charge in [0.25, 0.3) is 0 Å². The molecule has 1 aromatic heterocycles. The van der Waals surface area contributed by atoms with Crippen LogP contribution in [0, 0.1) is 6.92 Å². The lowest BCUT2D eigenvalue weighted by Gasteiger charge is -2.16. The molecule has 0 unspecified atom stereocenters. The summed E-state index contributed by atoms with van der Waals surface area (Å²) in [6.07, 6.45) is 1.59. The van der Waals surface area contributed by atoms with Crippen molar-refractivity contribution in [2.75, 3.05) is 7.11 Å². The normalized spacial score (nSPS) is 11.5. The zero-order valence-electron chi connectivity index (χ0n) is 9.30. The summed E-state index contributed by atoms with van der Waals surface area (Å²) in [5.74, 6) is 0.350. The van der Waals surface area contributed by atoms with E-state index in [0.717, 1.165) is 5.56 Å². The van der Waals surface area contributed by atoms with Gasteiger partial charge in [-0.2, -0.15) is 0 Å². The lowest BCUT2D eigenvalue weighted by molar-refractivity contribution is 0.0595. The highest BCUT2D eigenvalue weighted by Crippen LogP contribution is 2.29. The molecule has 14 heavy (non-hydrogen) atoms. The second kappa shape index (κ2) is 3.48. The van der Waals surface area contributed by atoms with Crippen LogP contribution in [0.25, 0.3) is 0 Å². The van der Waals surface area contributed by atoms with Crippen LogP contribution in [0.1, 0.15) is 42.5 Å². The molecule has 3 heteroatoms. The van der Waals surface area contributed by atoms with Gasteiger partial charge in [0.1, 0.15) is 11.3 Å². The highest BCUT2D eigenvalue weighted by atomic mass is 16.5. The average Bonchev–Trinajstić information content (AvgIpc) is 2.45. The van der Waals surface area contributed by atoms with Crippen molar-refractivity contribution in [2.45, 2.75) is 33.1 Å². The Morgan fingerprint density at radius 3 is 2.43 bits per heavy atom. The SMILES string of the molecule is COC(=O)c1c(C)coc1C(C)(C)C. The molecule has 3 nitrogen and oxygen atoms in total. The number of aryl methyl sites for hydroxylation is 1. The van der Waals surface area contributed by atoms with Crippen LogP contribution in [-0.2, 0) is 10.2 Å². The van der Waals surface area contributed by atoms with E-state index in [0.29, 0.717) is 11.3 Å². The third-order valence-electron chi connectivity index (χ3n) is 2.05. The van der Waals surface area contributed by atoms with Crippen LogP contribution in [0.2, 0.25) is 0 Å². The van der Waals surface area contributed by atoms with Crippen LogP contribution < -0.4 is 0 Å². The molecule has 78 valence electrons. The number of esters is 1. The van der Waals surface area contributed by atoms with Crippen LogP contribution in [0.5, 0.6) is 0 Å². The van der Waals surface area contributed by atoms with Gasteiger partial charge in [0.15, 0.2) is 0 Å². The molecule has 0 radical (unpaired) electrons. The molecular formula is C11H16O3. The molecule has 0 aliphatic rings. The largest absolute Gasteiger partial charge is 0.468 e. The third-order valence-corrected chi connectivity index (χ3v) is 2.05. The first kappa shape index (κ1) is 10.8. The molecule has 0 fully saturated rings. The molecule has 0 spiro atoms. The third kappa shape index (κ3) is 1.81. The predicted octanol–water partition coefficient (Wildman–Crippen LogP) is 2.67.